The van der Waals surface area contributed by atoms with E-state index in [9.17, 15) is 9.59 Å². The first-order valence-electron chi connectivity index (χ1n) is 11.0. The highest BCUT2D eigenvalue weighted by atomic mass is 35.5. The highest BCUT2D eigenvalue weighted by molar-refractivity contribution is 6.30. The fraction of sp³-hybridized carbons (Fsp3) is 0.259. The molecule has 0 radical (unpaired) electrons. The van der Waals surface area contributed by atoms with Gasteiger partial charge in [-0.25, -0.2) is 0 Å². The lowest BCUT2D eigenvalue weighted by molar-refractivity contribution is -0.140. The number of hydrogen-bond acceptors (Lipinski definition) is 2. The van der Waals surface area contributed by atoms with E-state index >= 15 is 0 Å². The molecule has 0 aromatic heterocycles. The Bertz CT molecular complexity index is 991. The van der Waals surface area contributed by atoms with Crippen LogP contribution in [0.4, 0.5) is 0 Å². The van der Waals surface area contributed by atoms with Crippen LogP contribution in [0.2, 0.25) is 5.02 Å². The quantitative estimate of drug-likeness (QED) is 0.472. The summed E-state index contributed by atoms with van der Waals surface area (Å²) in [5.74, 6) is -0.222. The van der Waals surface area contributed by atoms with Crippen LogP contribution in [0.1, 0.15) is 30.0 Å². The summed E-state index contributed by atoms with van der Waals surface area (Å²) in [6.45, 7) is 2.96. The first kappa shape index (κ1) is 23.6. The molecule has 0 spiro atoms. The normalized spacial score (nSPS) is 11.6. The minimum atomic E-state index is -0.607. The topological polar surface area (TPSA) is 49.4 Å². The van der Waals surface area contributed by atoms with Gasteiger partial charge in [0.1, 0.15) is 6.04 Å². The van der Waals surface area contributed by atoms with Crippen LogP contribution in [0, 0.1) is 0 Å². The molecule has 0 saturated carbocycles. The molecule has 1 atom stereocenters. The van der Waals surface area contributed by atoms with Crippen LogP contribution in [0.25, 0.3) is 0 Å². The van der Waals surface area contributed by atoms with Gasteiger partial charge in [-0.3, -0.25) is 9.59 Å². The zero-order chi connectivity index (χ0) is 22.8. The van der Waals surface area contributed by atoms with Gasteiger partial charge < -0.3 is 10.2 Å². The second-order valence-electron chi connectivity index (χ2n) is 7.81. The Balaban J connectivity index is 1.92. The predicted molar refractivity (Wildman–Crippen MR) is 129 cm³/mol. The summed E-state index contributed by atoms with van der Waals surface area (Å²) in [6, 6.07) is 26.3. The van der Waals surface area contributed by atoms with Crippen molar-refractivity contribution in [2.45, 2.75) is 38.8 Å². The van der Waals surface area contributed by atoms with Gasteiger partial charge in [-0.1, -0.05) is 91.3 Å². The SMILES string of the molecule is CCCNC(=O)[C@H](Cc1ccccc1)N(Cc1ccccc1)C(=O)Cc1ccc(Cl)cc1. The van der Waals surface area contributed by atoms with E-state index in [0.29, 0.717) is 24.5 Å². The molecule has 4 nitrogen and oxygen atoms in total. The predicted octanol–water partition coefficient (Wildman–Crippen LogP) is 5.05. The molecule has 0 aliphatic carbocycles. The maximum Gasteiger partial charge on any atom is 0.243 e. The van der Waals surface area contributed by atoms with Crippen molar-refractivity contribution < 1.29 is 9.59 Å². The molecule has 5 heteroatoms. The molecule has 0 unspecified atom stereocenters. The van der Waals surface area contributed by atoms with E-state index < -0.39 is 6.04 Å². The van der Waals surface area contributed by atoms with Crippen molar-refractivity contribution in [1.82, 2.24) is 10.2 Å². The first-order chi connectivity index (χ1) is 15.6. The third-order valence-electron chi connectivity index (χ3n) is 5.28. The number of benzene rings is 3. The number of carbonyl (C=O) groups excluding carboxylic acids is 2. The summed E-state index contributed by atoms with van der Waals surface area (Å²) in [5, 5.41) is 3.62. The maximum atomic E-state index is 13.5. The van der Waals surface area contributed by atoms with Gasteiger partial charge in [0.25, 0.3) is 0 Å². The third-order valence-corrected chi connectivity index (χ3v) is 5.54. The molecular weight excluding hydrogens is 420 g/mol. The van der Waals surface area contributed by atoms with E-state index in [2.05, 4.69) is 5.32 Å². The van der Waals surface area contributed by atoms with Crippen LogP contribution in [-0.2, 0) is 29.0 Å². The molecule has 3 aromatic carbocycles. The monoisotopic (exact) mass is 448 g/mol. The van der Waals surface area contributed by atoms with Gasteiger partial charge in [0.15, 0.2) is 0 Å². The number of hydrogen-bond donors (Lipinski definition) is 1. The summed E-state index contributed by atoms with van der Waals surface area (Å²) < 4.78 is 0. The molecule has 0 bridgehead atoms. The standard InChI is InChI=1S/C27H29ClN2O2/c1-2-17-29-27(32)25(18-21-9-5-3-6-10-21)30(20-23-11-7-4-8-12-23)26(31)19-22-13-15-24(28)16-14-22/h3-16,25H,2,17-20H2,1H3,(H,29,32)/t25-/m0/s1. The lowest BCUT2D eigenvalue weighted by atomic mass is 10.0. The summed E-state index contributed by atoms with van der Waals surface area (Å²) in [6.07, 6.45) is 1.49. The van der Waals surface area contributed by atoms with E-state index in [1.165, 1.54) is 0 Å². The van der Waals surface area contributed by atoms with Gasteiger partial charge in [-0.15, -0.1) is 0 Å². The number of amides is 2. The summed E-state index contributed by atoms with van der Waals surface area (Å²) in [7, 11) is 0. The molecule has 32 heavy (non-hydrogen) atoms. The Morgan fingerprint density at radius 1 is 0.844 bits per heavy atom. The van der Waals surface area contributed by atoms with E-state index in [1.807, 2.05) is 79.7 Å². The van der Waals surface area contributed by atoms with Crippen LogP contribution < -0.4 is 5.32 Å². The zero-order valence-electron chi connectivity index (χ0n) is 18.3. The Hall–Kier alpha value is -3.11. The van der Waals surface area contributed by atoms with E-state index in [4.69, 9.17) is 11.6 Å². The van der Waals surface area contributed by atoms with Crippen molar-refractivity contribution in [3.05, 3.63) is 107 Å². The molecule has 0 saturated heterocycles. The van der Waals surface area contributed by atoms with Crippen LogP contribution >= 0.6 is 11.6 Å². The largest absolute Gasteiger partial charge is 0.354 e. The van der Waals surface area contributed by atoms with Gasteiger partial charge in [0.2, 0.25) is 11.8 Å². The van der Waals surface area contributed by atoms with Crippen molar-refractivity contribution in [3.8, 4) is 0 Å². The Kier molecular flexibility index (Phi) is 8.88. The number of carbonyl (C=O) groups is 2. The van der Waals surface area contributed by atoms with E-state index in [0.717, 1.165) is 23.1 Å². The Labute approximate surface area is 195 Å². The van der Waals surface area contributed by atoms with E-state index in [1.54, 1.807) is 17.0 Å². The van der Waals surface area contributed by atoms with Crippen molar-refractivity contribution >= 4 is 23.4 Å². The van der Waals surface area contributed by atoms with Crippen LogP contribution in [0.3, 0.4) is 0 Å². The molecule has 166 valence electrons. The third kappa shape index (κ3) is 6.96. The van der Waals surface area contributed by atoms with Crippen LogP contribution in [0.5, 0.6) is 0 Å². The summed E-state index contributed by atoms with van der Waals surface area (Å²) in [4.78, 5) is 28.5. The zero-order valence-corrected chi connectivity index (χ0v) is 19.1. The van der Waals surface area contributed by atoms with Crippen LogP contribution in [-0.4, -0.2) is 29.3 Å². The number of rotatable bonds is 10. The first-order valence-corrected chi connectivity index (χ1v) is 11.3. The van der Waals surface area contributed by atoms with Crippen molar-refractivity contribution in [3.63, 3.8) is 0 Å². The number of nitrogens with zero attached hydrogens (tertiary/aromatic N) is 1. The minimum absolute atomic E-state index is 0.0937. The lowest BCUT2D eigenvalue weighted by Gasteiger charge is -2.31. The average Bonchev–Trinajstić information content (AvgIpc) is 2.82. The van der Waals surface area contributed by atoms with Gasteiger partial charge in [0, 0.05) is 24.5 Å². The second kappa shape index (κ2) is 12.1. The Morgan fingerprint density at radius 3 is 2.03 bits per heavy atom. The molecule has 0 aliphatic heterocycles. The van der Waals surface area contributed by atoms with E-state index in [-0.39, 0.29) is 18.2 Å². The Morgan fingerprint density at radius 2 is 1.44 bits per heavy atom. The number of halogens is 1. The van der Waals surface area contributed by atoms with Gasteiger partial charge >= 0.3 is 0 Å². The highest BCUT2D eigenvalue weighted by Crippen LogP contribution is 2.17. The molecule has 1 N–H and O–H groups in total. The summed E-state index contributed by atoms with van der Waals surface area (Å²) in [5.41, 5.74) is 2.87. The second-order valence-corrected chi connectivity index (χ2v) is 8.24. The lowest BCUT2D eigenvalue weighted by Crippen LogP contribution is -2.51. The van der Waals surface area contributed by atoms with Crippen molar-refractivity contribution in [2.75, 3.05) is 6.54 Å². The molecule has 3 aromatic rings. The minimum Gasteiger partial charge on any atom is -0.354 e. The number of nitrogens with one attached hydrogen (secondary N) is 1. The van der Waals surface area contributed by atoms with Gasteiger partial charge in [-0.2, -0.15) is 0 Å². The highest BCUT2D eigenvalue weighted by Gasteiger charge is 2.30. The molecule has 0 aliphatic rings. The van der Waals surface area contributed by atoms with Gasteiger partial charge in [0.05, 0.1) is 6.42 Å². The maximum absolute atomic E-state index is 13.5. The fourth-order valence-electron chi connectivity index (χ4n) is 3.58. The molecule has 2 amide bonds. The molecule has 0 fully saturated rings. The molecule has 3 rings (SSSR count). The van der Waals surface area contributed by atoms with Crippen LogP contribution in [0.15, 0.2) is 84.9 Å². The summed E-state index contributed by atoms with van der Waals surface area (Å²) >= 11 is 6.00. The van der Waals surface area contributed by atoms with Crippen molar-refractivity contribution in [1.29, 1.82) is 0 Å². The fourth-order valence-corrected chi connectivity index (χ4v) is 3.70. The smallest absolute Gasteiger partial charge is 0.243 e. The van der Waals surface area contributed by atoms with Gasteiger partial charge in [-0.05, 0) is 35.2 Å². The van der Waals surface area contributed by atoms with Crippen molar-refractivity contribution in [2.24, 2.45) is 0 Å². The average molecular weight is 449 g/mol. The molecular formula is C27H29ClN2O2. The molecule has 0 heterocycles.